The maximum absolute atomic E-state index is 2.74. The first kappa shape index (κ1) is 22.4. The Kier molecular flexibility index (Phi) is 7.42. The zero-order valence-electron chi connectivity index (χ0n) is 20.2. The summed E-state index contributed by atoms with van der Waals surface area (Å²) in [6.45, 7) is 14.1. The van der Waals surface area contributed by atoms with Crippen LogP contribution in [0.25, 0.3) is 0 Å². The maximum Gasteiger partial charge on any atom is -0.00853 e. The molecule has 28 heavy (non-hydrogen) atoms. The van der Waals surface area contributed by atoms with E-state index in [4.69, 9.17) is 0 Å². The van der Waals surface area contributed by atoms with Crippen molar-refractivity contribution in [3.8, 4) is 0 Å². The van der Waals surface area contributed by atoms with Crippen molar-refractivity contribution in [1.82, 2.24) is 0 Å². The maximum atomic E-state index is 2.74. The van der Waals surface area contributed by atoms with Crippen LogP contribution < -0.4 is 0 Å². The van der Waals surface area contributed by atoms with E-state index in [9.17, 15) is 0 Å². The van der Waals surface area contributed by atoms with E-state index in [1.54, 1.807) is 12.8 Å². The number of fused-ring (bicyclic) bond motifs is 5. The molecule has 0 heteroatoms. The van der Waals surface area contributed by atoms with Crippen LogP contribution in [0.5, 0.6) is 0 Å². The summed E-state index contributed by atoms with van der Waals surface area (Å²) in [6.07, 6.45) is 22.1. The van der Waals surface area contributed by atoms with E-state index >= 15 is 0 Å². The average molecular weight is 387 g/mol. The molecule has 0 aromatic heterocycles. The summed E-state index contributed by atoms with van der Waals surface area (Å²) in [5, 5.41) is 0. The van der Waals surface area contributed by atoms with Gasteiger partial charge in [-0.3, -0.25) is 0 Å². The fourth-order valence-electron chi connectivity index (χ4n) is 8.22. The molecule has 0 N–H and O–H groups in total. The zero-order valence-corrected chi connectivity index (χ0v) is 20.2. The molecule has 0 heterocycles. The lowest BCUT2D eigenvalue weighted by Gasteiger charge is -2.57. The van der Waals surface area contributed by atoms with Crippen molar-refractivity contribution >= 4 is 0 Å². The highest BCUT2D eigenvalue weighted by Gasteiger charge is 2.57. The summed E-state index contributed by atoms with van der Waals surface area (Å²) in [7, 11) is 0. The minimum absolute atomic E-state index is 0.581. The van der Waals surface area contributed by atoms with Gasteiger partial charge in [0.15, 0.2) is 0 Å². The smallest absolute Gasteiger partial charge is 0.00853 e. The zero-order chi connectivity index (χ0) is 20.4. The summed E-state index contributed by atoms with van der Waals surface area (Å²) < 4.78 is 0. The van der Waals surface area contributed by atoms with E-state index in [1.807, 2.05) is 19.4 Å². The molecule has 0 radical (unpaired) electrons. The van der Waals surface area contributed by atoms with Crippen LogP contribution in [-0.2, 0) is 0 Å². The number of rotatable bonds is 5. The molecule has 0 saturated heterocycles. The van der Waals surface area contributed by atoms with E-state index in [0.29, 0.717) is 10.8 Å². The molecule has 0 aromatic rings. The number of hydrogen-bond acceptors (Lipinski definition) is 0. The van der Waals surface area contributed by atoms with Gasteiger partial charge in [0, 0.05) is 0 Å². The van der Waals surface area contributed by atoms with E-state index in [2.05, 4.69) is 33.8 Å². The predicted molar refractivity (Wildman–Crippen MR) is 124 cm³/mol. The minimum Gasteiger partial charge on any atom is -0.0845 e. The van der Waals surface area contributed by atoms with Gasteiger partial charge in [0.1, 0.15) is 0 Å². The molecule has 6 atom stereocenters. The third-order valence-electron chi connectivity index (χ3n) is 9.80. The van der Waals surface area contributed by atoms with Crippen molar-refractivity contribution in [2.75, 3.05) is 0 Å². The second-order valence-electron chi connectivity index (χ2n) is 11.5. The van der Waals surface area contributed by atoms with Gasteiger partial charge in [0.05, 0.1) is 0 Å². The number of allylic oxidation sites excluding steroid dienone is 2. The summed E-state index contributed by atoms with van der Waals surface area (Å²) in [5.41, 5.74) is 3.13. The molecule has 3 saturated carbocycles. The molecule has 0 aromatic carbocycles. The molecule has 6 unspecified atom stereocenters. The summed E-state index contributed by atoms with van der Waals surface area (Å²) in [6, 6.07) is 0. The van der Waals surface area contributed by atoms with Gasteiger partial charge in [-0.05, 0) is 98.2 Å². The molecule has 4 aliphatic carbocycles. The van der Waals surface area contributed by atoms with E-state index in [-0.39, 0.29) is 0 Å². The van der Waals surface area contributed by atoms with Crippen LogP contribution in [0.15, 0.2) is 11.6 Å². The van der Waals surface area contributed by atoms with Gasteiger partial charge >= 0.3 is 0 Å². The van der Waals surface area contributed by atoms with Crippen molar-refractivity contribution in [3.63, 3.8) is 0 Å². The molecule has 0 aliphatic heterocycles. The first-order valence-electron chi connectivity index (χ1n) is 13.1. The van der Waals surface area contributed by atoms with Crippen molar-refractivity contribution < 1.29 is 0 Å². The minimum atomic E-state index is 0.581. The molecule has 0 nitrogen and oxygen atoms in total. The molecule has 3 fully saturated rings. The number of unbranched alkanes of at least 4 members (excludes halogenated alkanes) is 1. The lowest BCUT2D eigenvalue weighted by molar-refractivity contribution is -0.0425. The van der Waals surface area contributed by atoms with Gasteiger partial charge in [-0.25, -0.2) is 0 Å². The molecular formula is C28H50. The molecule has 0 spiro atoms. The van der Waals surface area contributed by atoms with Gasteiger partial charge in [0.2, 0.25) is 0 Å². The van der Waals surface area contributed by atoms with Gasteiger partial charge < -0.3 is 0 Å². The normalized spacial score (nSPS) is 42.0. The Hall–Kier alpha value is -0.260. The Bertz CT molecular complexity index is 528. The summed E-state index contributed by atoms with van der Waals surface area (Å²) >= 11 is 0. The Labute approximate surface area is 177 Å². The molecular weight excluding hydrogens is 336 g/mol. The van der Waals surface area contributed by atoms with Crippen molar-refractivity contribution in [2.24, 2.45) is 40.4 Å². The lowest BCUT2D eigenvalue weighted by Crippen LogP contribution is -2.49. The highest BCUT2D eigenvalue weighted by Crippen LogP contribution is 2.66. The first-order chi connectivity index (χ1) is 13.4. The van der Waals surface area contributed by atoms with Gasteiger partial charge in [-0.2, -0.15) is 0 Å². The Morgan fingerprint density at radius 3 is 2.50 bits per heavy atom. The Morgan fingerprint density at radius 2 is 1.75 bits per heavy atom. The van der Waals surface area contributed by atoms with E-state index < -0.39 is 0 Å². The van der Waals surface area contributed by atoms with Crippen LogP contribution >= 0.6 is 0 Å². The van der Waals surface area contributed by atoms with Gasteiger partial charge in [0.25, 0.3) is 0 Å². The number of hydrogen-bond donors (Lipinski definition) is 0. The van der Waals surface area contributed by atoms with Crippen LogP contribution in [0.1, 0.15) is 125 Å². The summed E-state index contributed by atoms with van der Waals surface area (Å²) in [4.78, 5) is 0. The fraction of sp³-hybridized carbons (Fsp3) is 0.929. The average Bonchev–Trinajstić information content (AvgIpc) is 3.02. The quantitative estimate of drug-likeness (QED) is 0.326. The van der Waals surface area contributed by atoms with Crippen LogP contribution in [0.2, 0.25) is 0 Å². The molecule has 162 valence electrons. The lowest BCUT2D eigenvalue weighted by atomic mass is 9.47. The molecule has 0 bridgehead atoms. The third kappa shape index (κ3) is 4.00. The fourth-order valence-corrected chi connectivity index (χ4v) is 8.22. The molecule has 4 aliphatic rings. The van der Waals surface area contributed by atoms with E-state index in [1.165, 1.54) is 70.6 Å². The largest absolute Gasteiger partial charge is 0.0845 e. The van der Waals surface area contributed by atoms with Gasteiger partial charge in [-0.1, -0.05) is 78.9 Å². The standard InChI is InChI=1S/C26H44.C2H6/c1-19(2)9-5-6-10-21-13-15-23-22-14-12-20-11-7-8-17-25(20,3)24(22)16-18-26(21,23)4;1-2/h12,19,21-24H,5-11,13-18H2,1-4H3;1-2H3. The van der Waals surface area contributed by atoms with Crippen molar-refractivity contribution in [2.45, 2.75) is 125 Å². The second-order valence-corrected chi connectivity index (χ2v) is 11.5. The highest BCUT2D eigenvalue weighted by atomic mass is 14.6. The Balaban J connectivity index is 0.00000109. The first-order valence-corrected chi connectivity index (χ1v) is 13.1. The topological polar surface area (TPSA) is 0 Å². The highest BCUT2D eigenvalue weighted by molar-refractivity contribution is 5.24. The van der Waals surface area contributed by atoms with Crippen LogP contribution in [-0.4, -0.2) is 0 Å². The van der Waals surface area contributed by atoms with Crippen molar-refractivity contribution in [3.05, 3.63) is 11.6 Å². The van der Waals surface area contributed by atoms with Crippen LogP contribution in [0.3, 0.4) is 0 Å². The van der Waals surface area contributed by atoms with Crippen LogP contribution in [0.4, 0.5) is 0 Å². The predicted octanol–water partition coefficient (Wildman–Crippen LogP) is 9.20. The molecule has 0 amide bonds. The van der Waals surface area contributed by atoms with Crippen LogP contribution in [0, 0.1) is 40.4 Å². The van der Waals surface area contributed by atoms with Crippen molar-refractivity contribution in [1.29, 1.82) is 0 Å². The Morgan fingerprint density at radius 1 is 0.964 bits per heavy atom. The van der Waals surface area contributed by atoms with Gasteiger partial charge in [-0.15, -0.1) is 0 Å². The monoisotopic (exact) mass is 386 g/mol. The van der Waals surface area contributed by atoms with E-state index in [0.717, 1.165) is 29.6 Å². The second kappa shape index (κ2) is 9.26. The third-order valence-corrected chi connectivity index (χ3v) is 9.80. The SMILES string of the molecule is CC.CC(C)CCCCC1CCC2C3CC=C4CCCCC4(C)C3CCC12C. The molecule has 4 rings (SSSR count). The summed E-state index contributed by atoms with van der Waals surface area (Å²) in [5.74, 6) is 4.98.